The quantitative estimate of drug-likeness (QED) is 0.531. The minimum absolute atomic E-state index is 0.281. The molecule has 5 nitrogen and oxygen atoms in total. The number of fused-ring (bicyclic) bond motifs is 2. The summed E-state index contributed by atoms with van der Waals surface area (Å²) in [6, 6.07) is 0. The van der Waals surface area contributed by atoms with Crippen molar-refractivity contribution in [2.75, 3.05) is 0 Å². The molecular weight excluding hydrogens is 252 g/mol. The van der Waals surface area contributed by atoms with E-state index in [9.17, 15) is 5.21 Å². The standard InChI is InChI=1S/C12H9ClN4O/c1-7-11-12(15-5-4-14-11)17(18)10-3-2-8(13)6-9(10)16-7/h2,4-6H,3H2,1H3. The molecule has 3 rings (SSSR count). The van der Waals surface area contributed by atoms with Crippen molar-refractivity contribution < 1.29 is 4.74 Å². The van der Waals surface area contributed by atoms with Gasteiger partial charge in [0.1, 0.15) is 11.4 Å². The normalized spacial score (nSPS) is 18.2. The van der Waals surface area contributed by atoms with Crippen LogP contribution in [0.15, 0.2) is 40.3 Å². The van der Waals surface area contributed by atoms with Crippen molar-refractivity contribution in [2.24, 2.45) is 4.99 Å². The van der Waals surface area contributed by atoms with Crippen molar-refractivity contribution in [3.8, 4) is 0 Å². The van der Waals surface area contributed by atoms with Gasteiger partial charge in [-0.25, -0.2) is 14.7 Å². The fourth-order valence-corrected chi connectivity index (χ4v) is 2.13. The van der Waals surface area contributed by atoms with Gasteiger partial charge in [0.05, 0.1) is 11.9 Å². The predicted octanol–water partition coefficient (Wildman–Crippen LogP) is 2.29. The van der Waals surface area contributed by atoms with E-state index in [1.807, 2.05) is 0 Å². The Morgan fingerprint density at radius 2 is 2.11 bits per heavy atom. The zero-order valence-electron chi connectivity index (χ0n) is 9.59. The molecule has 1 aliphatic carbocycles. The third-order valence-corrected chi connectivity index (χ3v) is 3.07. The molecule has 0 bridgehead atoms. The smallest absolute Gasteiger partial charge is 0.354 e. The van der Waals surface area contributed by atoms with Gasteiger partial charge in [-0.1, -0.05) is 17.7 Å². The highest BCUT2D eigenvalue weighted by atomic mass is 35.5. The summed E-state index contributed by atoms with van der Waals surface area (Å²) in [6.45, 7) is 1.80. The largest absolute Gasteiger partial charge is 0.710 e. The number of aromatic nitrogens is 2. The van der Waals surface area contributed by atoms with E-state index in [2.05, 4.69) is 15.0 Å². The van der Waals surface area contributed by atoms with Crippen LogP contribution in [0.4, 0.5) is 5.82 Å². The minimum Gasteiger partial charge on any atom is -0.710 e. The number of allylic oxidation sites excluding steroid dienone is 4. The molecule has 0 radical (unpaired) electrons. The first-order chi connectivity index (χ1) is 8.66. The summed E-state index contributed by atoms with van der Waals surface area (Å²) in [5, 5.41) is 12.9. The average Bonchev–Trinajstić information content (AvgIpc) is 2.47. The van der Waals surface area contributed by atoms with Crippen LogP contribution in [0.5, 0.6) is 0 Å². The lowest BCUT2D eigenvalue weighted by Crippen LogP contribution is -2.15. The van der Waals surface area contributed by atoms with Crippen LogP contribution >= 0.6 is 11.6 Å². The van der Waals surface area contributed by atoms with E-state index >= 15 is 0 Å². The number of hydrogen-bond donors (Lipinski definition) is 0. The first-order valence-corrected chi connectivity index (χ1v) is 5.82. The molecular formula is C12H9ClN4O. The molecule has 0 saturated carbocycles. The molecule has 0 aromatic carbocycles. The van der Waals surface area contributed by atoms with Crippen LogP contribution in [0.2, 0.25) is 0 Å². The highest BCUT2D eigenvalue weighted by Crippen LogP contribution is 2.26. The second kappa shape index (κ2) is 4.03. The second-order valence-electron chi connectivity index (χ2n) is 3.99. The third kappa shape index (κ3) is 1.64. The predicted molar refractivity (Wildman–Crippen MR) is 69.2 cm³/mol. The van der Waals surface area contributed by atoms with E-state index < -0.39 is 0 Å². The Balaban J connectivity index is 2.30. The third-order valence-electron chi connectivity index (χ3n) is 2.81. The average molecular weight is 261 g/mol. The first kappa shape index (κ1) is 11.1. The molecule has 1 aromatic rings. The van der Waals surface area contributed by atoms with Crippen molar-refractivity contribution >= 4 is 28.8 Å². The summed E-state index contributed by atoms with van der Waals surface area (Å²) < 4.78 is 0.786. The zero-order chi connectivity index (χ0) is 12.7. The molecule has 18 heavy (non-hydrogen) atoms. The molecule has 0 unspecified atom stereocenters. The van der Waals surface area contributed by atoms with Gasteiger partial charge in [0.25, 0.3) is 0 Å². The minimum atomic E-state index is 0.281. The molecule has 0 amide bonds. The Morgan fingerprint density at radius 3 is 2.94 bits per heavy atom. The number of aliphatic imine (C=N–C) groups is 1. The van der Waals surface area contributed by atoms with Gasteiger partial charge in [-0.05, 0) is 18.0 Å². The van der Waals surface area contributed by atoms with Crippen LogP contribution in [0.3, 0.4) is 0 Å². The summed E-state index contributed by atoms with van der Waals surface area (Å²) in [7, 11) is 0. The Labute approximate surface area is 108 Å². The highest BCUT2D eigenvalue weighted by molar-refractivity contribution is 6.32. The Hall–Kier alpha value is -2.01. The van der Waals surface area contributed by atoms with Crippen molar-refractivity contribution in [1.82, 2.24) is 9.97 Å². The summed E-state index contributed by atoms with van der Waals surface area (Å²) in [4.78, 5) is 12.7. The number of halogens is 1. The van der Waals surface area contributed by atoms with Gasteiger partial charge >= 0.3 is 5.82 Å². The van der Waals surface area contributed by atoms with Gasteiger partial charge in [0, 0.05) is 11.5 Å². The lowest BCUT2D eigenvalue weighted by Gasteiger charge is -2.14. The summed E-state index contributed by atoms with van der Waals surface area (Å²) in [5.41, 5.74) is 2.28. The summed E-state index contributed by atoms with van der Waals surface area (Å²) >= 11 is 5.95. The molecule has 0 spiro atoms. The van der Waals surface area contributed by atoms with Crippen molar-refractivity contribution in [2.45, 2.75) is 13.3 Å². The molecule has 1 aromatic heterocycles. The van der Waals surface area contributed by atoms with Crippen LogP contribution in [-0.2, 0) is 0 Å². The van der Waals surface area contributed by atoms with E-state index in [4.69, 9.17) is 11.6 Å². The van der Waals surface area contributed by atoms with Gasteiger partial charge in [-0.15, -0.1) is 0 Å². The molecule has 1 aliphatic heterocycles. The van der Waals surface area contributed by atoms with Crippen molar-refractivity contribution in [3.63, 3.8) is 0 Å². The van der Waals surface area contributed by atoms with Gasteiger partial charge in [-0.2, -0.15) is 0 Å². The fourth-order valence-electron chi connectivity index (χ4n) is 1.95. The van der Waals surface area contributed by atoms with E-state index in [1.165, 1.54) is 6.20 Å². The lowest BCUT2D eigenvalue weighted by atomic mass is 10.1. The van der Waals surface area contributed by atoms with E-state index in [1.54, 1.807) is 25.3 Å². The van der Waals surface area contributed by atoms with Crippen LogP contribution in [0.25, 0.3) is 0 Å². The summed E-state index contributed by atoms with van der Waals surface area (Å²) in [5.74, 6) is 0.281. The first-order valence-electron chi connectivity index (χ1n) is 5.44. The number of nitrogens with zero attached hydrogens (tertiary/aromatic N) is 4. The van der Waals surface area contributed by atoms with Crippen LogP contribution < -0.4 is 0 Å². The van der Waals surface area contributed by atoms with E-state index in [-0.39, 0.29) is 5.82 Å². The highest BCUT2D eigenvalue weighted by Gasteiger charge is 2.26. The number of hydrogen-bond acceptors (Lipinski definition) is 4. The Bertz CT molecular complexity index is 658. The maximum absolute atomic E-state index is 12.3. The molecule has 0 N–H and O–H groups in total. The molecule has 0 fully saturated rings. The molecule has 0 saturated heterocycles. The zero-order valence-corrected chi connectivity index (χ0v) is 10.3. The maximum atomic E-state index is 12.3. The van der Waals surface area contributed by atoms with Gasteiger partial charge in [0.15, 0.2) is 11.9 Å². The number of rotatable bonds is 0. The molecule has 6 heteroatoms. The monoisotopic (exact) mass is 260 g/mol. The molecule has 90 valence electrons. The van der Waals surface area contributed by atoms with Crippen LogP contribution in [0.1, 0.15) is 19.0 Å². The maximum Gasteiger partial charge on any atom is 0.354 e. The molecule has 2 aliphatic rings. The van der Waals surface area contributed by atoms with Crippen molar-refractivity contribution in [1.29, 1.82) is 0 Å². The van der Waals surface area contributed by atoms with Gasteiger partial charge < -0.3 is 5.21 Å². The Morgan fingerprint density at radius 1 is 1.33 bits per heavy atom. The Kier molecular flexibility index (Phi) is 2.48. The fraction of sp³-hybridized carbons (Fsp3) is 0.167. The second-order valence-corrected chi connectivity index (χ2v) is 4.43. The SMILES string of the molecule is CC1=NC2=CC(Cl)=CCC2=[N+]([O-])c2nccnc21. The molecule has 0 atom stereocenters. The van der Waals surface area contributed by atoms with Crippen molar-refractivity contribution in [3.05, 3.63) is 46.2 Å². The van der Waals surface area contributed by atoms with E-state index in [0.717, 1.165) is 4.74 Å². The molecule has 2 heterocycles. The van der Waals surface area contributed by atoms with Crippen LogP contribution in [0, 0.1) is 5.21 Å². The lowest BCUT2D eigenvalue weighted by molar-refractivity contribution is -0.366. The van der Waals surface area contributed by atoms with Gasteiger partial charge in [0.2, 0.25) is 0 Å². The van der Waals surface area contributed by atoms with E-state index in [0.29, 0.717) is 34.3 Å². The topological polar surface area (TPSA) is 64.2 Å². The van der Waals surface area contributed by atoms with Crippen LogP contribution in [-0.4, -0.2) is 26.1 Å². The summed E-state index contributed by atoms with van der Waals surface area (Å²) in [6.07, 6.45) is 6.95. The van der Waals surface area contributed by atoms with Gasteiger partial charge in [-0.3, -0.25) is 0 Å².